The largest absolute Gasteiger partial charge is 0.495 e. The van der Waals surface area contributed by atoms with Crippen LogP contribution >= 0.6 is 11.3 Å². The second-order valence-electron chi connectivity index (χ2n) is 8.34. The summed E-state index contributed by atoms with van der Waals surface area (Å²) >= 11 is 1.16. The van der Waals surface area contributed by atoms with E-state index in [4.69, 9.17) is 10.5 Å². The van der Waals surface area contributed by atoms with E-state index in [-0.39, 0.29) is 17.0 Å². The van der Waals surface area contributed by atoms with Gasteiger partial charge in [0.2, 0.25) is 5.78 Å². The predicted molar refractivity (Wildman–Crippen MR) is 143 cm³/mol. The summed E-state index contributed by atoms with van der Waals surface area (Å²) in [5, 5.41) is 6.62. The minimum atomic E-state index is -0.403. The van der Waals surface area contributed by atoms with Crippen LogP contribution in [-0.2, 0) is 0 Å². The van der Waals surface area contributed by atoms with Gasteiger partial charge in [0.05, 0.1) is 24.0 Å². The van der Waals surface area contributed by atoms with Crippen LogP contribution in [0.25, 0.3) is 0 Å². The summed E-state index contributed by atoms with van der Waals surface area (Å²) in [6.07, 6.45) is 0. The molecule has 35 heavy (non-hydrogen) atoms. The summed E-state index contributed by atoms with van der Waals surface area (Å²) in [4.78, 5) is 27.2. The maximum atomic E-state index is 13.5. The number of aryl methyl sites for hydroxylation is 3. The summed E-state index contributed by atoms with van der Waals surface area (Å²) in [6.45, 7) is 5.84. The van der Waals surface area contributed by atoms with Crippen molar-refractivity contribution >= 4 is 45.1 Å². The second-order valence-corrected chi connectivity index (χ2v) is 9.36. The molecule has 0 unspecified atom stereocenters. The van der Waals surface area contributed by atoms with Gasteiger partial charge in [-0.25, -0.2) is 0 Å². The molecule has 0 radical (unpaired) electrons. The first kappa shape index (κ1) is 24.0. The van der Waals surface area contributed by atoms with Gasteiger partial charge in [-0.15, -0.1) is 11.3 Å². The molecule has 0 fully saturated rings. The molecule has 0 saturated carbocycles. The fourth-order valence-corrected chi connectivity index (χ4v) is 4.90. The normalized spacial score (nSPS) is 10.6. The van der Waals surface area contributed by atoms with Crippen LogP contribution in [0.1, 0.15) is 42.3 Å². The lowest BCUT2D eigenvalue weighted by Gasteiger charge is -2.12. The first-order valence-corrected chi connectivity index (χ1v) is 11.9. The SMILES string of the molecule is COc1ccccc1Nc1sc(C(=O)c2ccc(C)cc2C)c(N)c1C(=O)Nc1ccc(C)cc1. The van der Waals surface area contributed by atoms with Crippen molar-refractivity contribution in [2.75, 3.05) is 23.5 Å². The molecule has 0 spiro atoms. The lowest BCUT2D eigenvalue weighted by molar-refractivity contribution is 0.102. The number of nitrogens with one attached hydrogen (secondary N) is 2. The number of ketones is 1. The Bertz CT molecular complexity index is 1410. The van der Waals surface area contributed by atoms with Gasteiger partial charge in [-0.3, -0.25) is 9.59 Å². The van der Waals surface area contributed by atoms with Crippen LogP contribution in [0, 0.1) is 20.8 Å². The van der Waals surface area contributed by atoms with Crippen molar-refractivity contribution in [3.8, 4) is 5.75 Å². The van der Waals surface area contributed by atoms with Gasteiger partial charge in [0.1, 0.15) is 15.6 Å². The first-order chi connectivity index (χ1) is 16.8. The fraction of sp³-hybridized carbons (Fsp3) is 0.143. The number of hydrogen-bond donors (Lipinski definition) is 3. The molecular weight excluding hydrogens is 458 g/mol. The molecule has 3 aromatic carbocycles. The van der Waals surface area contributed by atoms with Crippen molar-refractivity contribution in [1.29, 1.82) is 0 Å². The van der Waals surface area contributed by atoms with E-state index in [1.54, 1.807) is 13.2 Å². The summed E-state index contributed by atoms with van der Waals surface area (Å²) in [6, 6.07) is 20.5. The molecule has 0 aliphatic rings. The Morgan fingerprint density at radius 2 is 1.60 bits per heavy atom. The van der Waals surface area contributed by atoms with E-state index in [0.717, 1.165) is 28.0 Å². The Morgan fingerprint density at radius 3 is 2.29 bits per heavy atom. The number of benzene rings is 3. The van der Waals surface area contributed by atoms with E-state index in [1.165, 1.54) is 0 Å². The average Bonchev–Trinajstić information content (AvgIpc) is 3.16. The molecule has 0 aliphatic carbocycles. The Hall–Kier alpha value is -4.10. The van der Waals surface area contributed by atoms with Crippen molar-refractivity contribution in [2.45, 2.75) is 20.8 Å². The van der Waals surface area contributed by atoms with E-state index >= 15 is 0 Å². The lowest BCUT2D eigenvalue weighted by atomic mass is 10.0. The molecule has 0 bridgehead atoms. The van der Waals surface area contributed by atoms with E-state index in [2.05, 4.69) is 10.6 Å². The van der Waals surface area contributed by atoms with Gasteiger partial charge in [0.15, 0.2) is 0 Å². The molecule has 1 aromatic heterocycles. The first-order valence-electron chi connectivity index (χ1n) is 11.1. The molecule has 4 N–H and O–H groups in total. The second kappa shape index (κ2) is 10.0. The highest BCUT2D eigenvalue weighted by molar-refractivity contribution is 7.19. The highest BCUT2D eigenvalue weighted by Gasteiger charge is 2.27. The van der Waals surface area contributed by atoms with Gasteiger partial charge >= 0.3 is 0 Å². The Kier molecular flexibility index (Phi) is 6.89. The molecule has 4 rings (SSSR count). The van der Waals surface area contributed by atoms with Crippen molar-refractivity contribution < 1.29 is 14.3 Å². The number of nitrogens with two attached hydrogens (primary N) is 1. The van der Waals surface area contributed by atoms with E-state index in [9.17, 15) is 9.59 Å². The Morgan fingerprint density at radius 1 is 0.914 bits per heavy atom. The number of ether oxygens (including phenoxy) is 1. The number of anilines is 4. The van der Waals surface area contributed by atoms with E-state index in [1.807, 2.05) is 81.4 Å². The molecular formula is C28H27N3O3S. The third-order valence-corrected chi connectivity index (χ3v) is 6.79. The Balaban J connectivity index is 1.79. The minimum absolute atomic E-state index is 0.141. The molecule has 0 saturated heterocycles. The quantitative estimate of drug-likeness (QED) is 0.260. The maximum Gasteiger partial charge on any atom is 0.260 e. The number of rotatable bonds is 7. The number of carbonyl (C=O) groups is 2. The smallest absolute Gasteiger partial charge is 0.260 e. The number of hydrogen-bond acceptors (Lipinski definition) is 6. The van der Waals surface area contributed by atoms with Crippen LogP contribution in [0.15, 0.2) is 66.7 Å². The highest BCUT2D eigenvalue weighted by Crippen LogP contribution is 2.41. The van der Waals surface area contributed by atoms with Crippen LogP contribution in [0.4, 0.5) is 22.1 Å². The number of para-hydroxylation sites is 2. The summed E-state index contributed by atoms with van der Waals surface area (Å²) in [7, 11) is 1.57. The van der Waals surface area contributed by atoms with E-state index < -0.39 is 5.91 Å². The molecule has 6 nitrogen and oxygen atoms in total. The topological polar surface area (TPSA) is 93.4 Å². The molecule has 178 valence electrons. The van der Waals surface area contributed by atoms with Crippen LogP contribution < -0.4 is 21.1 Å². The summed E-state index contributed by atoms with van der Waals surface area (Å²) in [5.74, 6) is -0.0197. The number of methoxy groups -OCH3 is 1. The van der Waals surface area contributed by atoms with Gasteiger partial charge in [-0.1, -0.05) is 53.6 Å². The molecule has 4 aromatic rings. The fourth-order valence-electron chi connectivity index (χ4n) is 3.82. The molecule has 7 heteroatoms. The zero-order valence-electron chi connectivity index (χ0n) is 20.1. The van der Waals surface area contributed by atoms with Gasteiger partial charge in [0, 0.05) is 11.3 Å². The molecule has 0 aliphatic heterocycles. The lowest BCUT2D eigenvalue weighted by Crippen LogP contribution is -2.15. The number of carbonyl (C=O) groups excluding carboxylic acids is 2. The van der Waals surface area contributed by atoms with Gasteiger partial charge < -0.3 is 21.1 Å². The molecule has 1 amide bonds. The monoisotopic (exact) mass is 485 g/mol. The minimum Gasteiger partial charge on any atom is -0.495 e. The van der Waals surface area contributed by atoms with Crippen molar-refractivity contribution in [3.05, 3.63) is 99.4 Å². The molecule has 0 atom stereocenters. The summed E-state index contributed by atoms with van der Waals surface area (Å²) in [5.41, 5.74) is 11.7. The standard InChI is InChI=1S/C28H27N3O3S/c1-16-9-12-19(13-10-16)30-27(33)23-24(29)26(25(32)20-14-11-17(2)15-18(20)3)35-28(23)31-21-7-5-6-8-22(21)34-4/h5-15,31H,29H2,1-4H3,(H,30,33). The summed E-state index contributed by atoms with van der Waals surface area (Å²) < 4.78 is 5.45. The van der Waals surface area contributed by atoms with Crippen LogP contribution in [0.3, 0.4) is 0 Å². The van der Waals surface area contributed by atoms with Gasteiger partial charge in [0.25, 0.3) is 5.91 Å². The number of amides is 1. The van der Waals surface area contributed by atoms with Crippen molar-refractivity contribution in [1.82, 2.24) is 0 Å². The zero-order valence-corrected chi connectivity index (χ0v) is 20.9. The van der Waals surface area contributed by atoms with Gasteiger partial charge in [-0.2, -0.15) is 0 Å². The van der Waals surface area contributed by atoms with Crippen LogP contribution in [-0.4, -0.2) is 18.8 Å². The predicted octanol–water partition coefficient (Wildman–Crippen LogP) is 6.49. The Labute approximate surface area is 208 Å². The highest BCUT2D eigenvalue weighted by atomic mass is 32.1. The average molecular weight is 486 g/mol. The number of thiophene rings is 1. The van der Waals surface area contributed by atoms with Crippen LogP contribution in [0.2, 0.25) is 0 Å². The zero-order chi connectivity index (χ0) is 25.1. The molecule has 1 heterocycles. The third-order valence-electron chi connectivity index (χ3n) is 5.67. The third kappa shape index (κ3) is 5.05. The number of nitrogen functional groups attached to an aromatic ring is 1. The maximum absolute atomic E-state index is 13.5. The van der Waals surface area contributed by atoms with Crippen molar-refractivity contribution in [2.24, 2.45) is 0 Å². The van der Waals surface area contributed by atoms with E-state index in [0.29, 0.717) is 32.6 Å². The van der Waals surface area contributed by atoms with Gasteiger partial charge in [-0.05, 0) is 50.6 Å². The van der Waals surface area contributed by atoms with Crippen LogP contribution in [0.5, 0.6) is 5.75 Å². The van der Waals surface area contributed by atoms with Crippen molar-refractivity contribution in [3.63, 3.8) is 0 Å².